The second-order valence-electron chi connectivity index (χ2n) is 5.81. The molecule has 9 heteroatoms. The number of amides is 3. The highest BCUT2D eigenvalue weighted by molar-refractivity contribution is 5.98. The Bertz CT molecular complexity index is 916. The number of ether oxygens (including phenoxy) is 1. The van der Waals surface area contributed by atoms with Gasteiger partial charge in [-0.25, -0.2) is 4.39 Å². The Morgan fingerprint density at radius 1 is 0.966 bits per heavy atom. The van der Waals surface area contributed by atoms with E-state index in [4.69, 9.17) is 4.74 Å². The van der Waals surface area contributed by atoms with Crippen LogP contribution in [0.25, 0.3) is 0 Å². The lowest BCUT2D eigenvalue weighted by Gasteiger charge is -2.09. The Balaban J connectivity index is 1.78. The Morgan fingerprint density at radius 3 is 2.45 bits per heavy atom. The molecule has 0 atom stereocenters. The summed E-state index contributed by atoms with van der Waals surface area (Å²) >= 11 is 0. The SMILES string of the molecule is CCNC(=O)c1cccc(NC(=O)COC(=O)CNC(=O)c2ccccc2F)c1. The van der Waals surface area contributed by atoms with Crippen molar-refractivity contribution in [3.05, 3.63) is 65.5 Å². The lowest BCUT2D eigenvalue weighted by Crippen LogP contribution is -2.32. The van der Waals surface area contributed by atoms with Gasteiger partial charge in [0.25, 0.3) is 17.7 Å². The fourth-order valence-corrected chi connectivity index (χ4v) is 2.29. The average molecular weight is 401 g/mol. The summed E-state index contributed by atoms with van der Waals surface area (Å²) in [6.07, 6.45) is 0. The normalized spacial score (nSPS) is 10.0. The van der Waals surface area contributed by atoms with Gasteiger partial charge in [-0.1, -0.05) is 18.2 Å². The van der Waals surface area contributed by atoms with Crippen molar-refractivity contribution < 1.29 is 28.3 Å². The molecule has 2 aromatic carbocycles. The van der Waals surface area contributed by atoms with Gasteiger partial charge in [0.1, 0.15) is 12.4 Å². The molecule has 8 nitrogen and oxygen atoms in total. The lowest BCUT2D eigenvalue weighted by atomic mass is 10.2. The van der Waals surface area contributed by atoms with E-state index in [1.54, 1.807) is 25.1 Å². The minimum Gasteiger partial charge on any atom is -0.454 e. The van der Waals surface area contributed by atoms with Gasteiger partial charge in [0.05, 0.1) is 5.56 Å². The molecule has 152 valence electrons. The number of carbonyl (C=O) groups is 4. The van der Waals surface area contributed by atoms with Gasteiger partial charge in [-0.05, 0) is 37.3 Å². The van der Waals surface area contributed by atoms with Crippen LogP contribution in [-0.4, -0.2) is 43.4 Å². The van der Waals surface area contributed by atoms with Crippen LogP contribution in [0.5, 0.6) is 0 Å². The molecule has 0 unspecified atom stereocenters. The summed E-state index contributed by atoms with van der Waals surface area (Å²) in [4.78, 5) is 47.2. The third kappa shape index (κ3) is 6.73. The number of hydrogen-bond acceptors (Lipinski definition) is 5. The van der Waals surface area contributed by atoms with Gasteiger partial charge < -0.3 is 20.7 Å². The van der Waals surface area contributed by atoms with E-state index in [1.807, 2.05) is 0 Å². The maximum atomic E-state index is 13.5. The number of halogens is 1. The smallest absolute Gasteiger partial charge is 0.325 e. The van der Waals surface area contributed by atoms with Crippen LogP contribution >= 0.6 is 0 Å². The summed E-state index contributed by atoms with van der Waals surface area (Å²) in [5.74, 6) is -3.24. The minimum absolute atomic E-state index is 0.204. The first-order chi connectivity index (χ1) is 13.9. The Hall–Kier alpha value is -3.75. The van der Waals surface area contributed by atoms with Gasteiger partial charge in [-0.2, -0.15) is 0 Å². The molecule has 0 saturated carbocycles. The van der Waals surface area contributed by atoms with E-state index in [-0.39, 0.29) is 11.5 Å². The van der Waals surface area contributed by atoms with E-state index < -0.39 is 36.8 Å². The van der Waals surface area contributed by atoms with Crippen molar-refractivity contribution in [2.24, 2.45) is 0 Å². The maximum Gasteiger partial charge on any atom is 0.325 e. The van der Waals surface area contributed by atoms with E-state index in [9.17, 15) is 23.6 Å². The largest absolute Gasteiger partial charge is 0.454 e. The number of carbonyl (C=O) groups excluding carboxylic acids is 4. The first kappa shape index (κ1) is 21.5. The Labute approximate surface area is 166 Å². The summed E-state index contributed by atoms with van der Waals surface area (Å²) in [5, 5.41) is 7.36. The molecule has 0 aliphatic rings. The van der Waals surface area contributed by atoms with E-state index in [0.29, 0.717) is 17.8 Å². The standard InChI is InChI=1S/C20H20FN3O5/c1-2-22-19(27)13-6-5-7-14(10-13)24-17(25)12-29-18(26)11-23-20(28)15-8-3-4-9-16(15)21/h3-10H,2,11-12H2,1H3,(H,22,27)(H,23,28)(H,24,25). The van der Waals surface area contributed by atoms with Crippen LogP contribution in [0.2, 0.25) is 0 Å². The van der Waals surface area contributed by atoms with Crippen molar-refractivity contribution in [3.8, 4) is 0 Å². The van der Waals surface area contributed by atoms with Gasteiger partial charge in [0.15, 0.2) is 6.61 Å². The topological polar surface area (TPSA) is 114 Å². The van der Waals surface area contributed by atoms with E-state index in [2.05, 4.69) is 16.0 Å². The Kier molecular flexibility index (Phi) is 7.84. The summed E-state index contributed by atoms with van der Waals surface area (Å²) < 4.78 is 18.3. The molecule has 3 amide bonds. The predicted octanol–water partition coefficient (Wildman–Crippen LogP) is 1.49. The second kappa shape index (κ2) is 10.5. The van der Waals surface area contributed by atoms with Crippen LogP contribution in [0.1, 0.15) is 27.6 Å². The average Bonchev–Trinajstić information content (AvgIpc) is 2.71. The van der Waals surface area contributed by atoms with Crippen molar-refractivity contribution in [3.63, 3.8) is 0 Å². The van der Waals surface area contributed by atoms with Gasteiger partial charge in [0, 0.05) is 17.8 Å². The maximum absolute atomic E-state index is 13.5. The minimum atomic E-state index is -0.860. The molecule has 0 heterocycles. The number of nitrogens with one attached hydrogen (secondary N) is 3. The zero-order valence-electron chi connectivity index (χ0n) is 15.7. The second-order valence-corrected chi connectivity index (χ2v) is 5.81. The van der Waals surface area contributed by atoms with Crippen LogP contribution in [0.3, 0.4) is 0 Å². The molecule has 29 heavy (non-hydrogen) atoms. The highest BCUT2D eigenvalue weighted by Gasteiger charge is 2.14. The molecular formula is C20H20FN3O5. The number of anilines is 1. The molecule has 2 aromatic rings. The third-order valence-electron chi connectivity index (χ3n) is 3.62. The van der Waals surface area contributed by atoms with Crippen molar-refractivity contribution >= 4 is 29.4 Å². The molecule has 0 fully saturated rings. The first-order valence-electron chi connectivity index (χ1n) is 8.77. The molecule has 0 aliphatic heterocycles. The fourth-order valence-electron chi connectivity index (χ4n) is 2.29. The van der Waals surface area contributed by atoms with Crippen molar-refractivity contribution in [1.29, 1.82) is 0 Å². The Morgan fingerprint density at radius 2 is 1.72 bits per heavy atom. The number of hydrogen-bond donors (Lipinski definition) is 3. The van der Waals surface area contributed by atoms with Crippen LogP contribution in [0.4, 0.5) is 10.1 Å². The van der Waals surface area contributed by atoms with Crippen molar-refractivity contribution in [2.75, 3.05) is 25.0 Å². The monoisotopic (exact) mass is 401 g/mol. The zero-order valence-corrected chi connectivity index (χ0v) is 15.7. The van der Waals surface area contributed by atoms with E-state index >= 15 is 0 Å². The fraction of sp³-hybridized carbons (Fsp3) is 0.200. The summed E-state index contributed by atoms with van der Waals surface area (Å²) in [7, 11) is 0. The van der Waals surface area contributed by atoms with Crippen LogP contribution in [-0.2, 0) is 14.3 Å². The molecule has 0 spiro atoms. The van der Waals surface area contributed by atoms with E-state index in [0.717, 1.165) is 6.07 Å². The summed E-state index contributed by atoms with van der Waals surface area (Å²) in [5.41, 5.74) is 0.533. The molecule has 2 rings (SSSR count). The number of benzene rings is 2. The predicted molar refractivity (Wildman–Crippen MR) is 103 cm³/mol. The van der Waals surface area contributed by atoms with Crippen LogP contribution < -0.4 is 16.0 Å². The summed E-state index contributed by atoms with van der Waals surface area (Å²) in [6, 6.07) is 11.6. The molecule has 3 N–H and O–H groups in total. The number of esters is 1. The summed E-state index contributed by atoms with van der Waals surface area (Å²) in [6.45, 7) is 1.16. The van der Waals surface area contributed by atoms with Crippen molar-refractivity contribution in [2.45, 2.75) is 6.92 Å². The first-order valence-corrected chi connectivity index (χ1v) is 8.77. The van der Waals surface area contributed by atoms with Crippen LogP contribution in [0, 0.1) is 5.82 Å². The molecule has 0 radical (unpaired) electrons. The molecular weight excluding hydrogens is 381 g/mol. The highest BCUT2D eigenvalue weighted by Crippen LogP contribution is 2.10. The molecule has 0 bridgehead atoms. The zero-order chi connectivity index (χ0) is 21.2. The van der Waals surface area contributed by atoms with Crippen molar-refractivity contribution in [1.82, 2.24) is 10.6 Å². The number of rotatable bonds is 8. The van der Waals surface area contributed by atoms with Gasteiger partial charge in [0.2, 0.25) is 0 Å². The highest BCUT2D eigenvalue weighted by atomic mass is 19.1. The molecule has 0 saturated heterocycles. The lowest BCUT2D eigenvalue weighted by molar-refractivity contribution is -0.146. The molecule has 0 aliphatic carbocycles. The van der Waals surface area contributed by atoms with Gasteiger partial charge in [-0.3, -0.25) is 19.2 Å². The third-order valence-corrected chi connectivity index (χ3v) is 3.62. The van der Waals surface area contributed by atoms with Gasteiger partial charge in [-0.15, -0.1) is 0 Å². The van der Waals surface area contributed by atoms with E-state index in [1.165, 1.54) is 24.3 Å². The quantitative estimate of drug-likeness (QED) is 0.580. The van der Waals surface area contributed by atoms with Crippen LogP contribution in [0.15, 0.2) is 48.5 Å². The molecule has 0 aromatic heterocycles. The van der Waals surface area contributed by atoms with Gasteiger partial charge >= 0.3 is 5.97 Å².